The molecule has 0 spiro atoms. The minimum Gasteiger partial charge on any atom is -0.490 e. The van der Waals surface area contributed by atoms with Crippen molar-refractivity contribution in [3.63, 3.8) is 0 Å². The van der Waals surface area contributed by atoms with Gasteiger partial charge in [0.25, 0.3) is 0 Å². The number of nitrogens with one attached hydrogen (secondary N) is 1. The molecule has 1 atom stereocenters. The molecule has 1 saturated heterocycles. The Hall–Kier alpha value is -2.33. The number of carbonyl (C=O) groups excluding carboxylic acids is 1. The maximum absolute atomic E-state index is 12.0. The van der Waals surface area contributed by atoms with E-state index in [9.17, 15) is 24.8 Å². The number of benzene rings is 1. The summed E-state index contributed by atoms with van der Waals surface area (Å²) in [5, 5.41) is 22.8. The van der Waals surface area contributed by atoms with E-state index in [1.54, 1.807) is 6.07 Å². The Balaban J connectivity index is 1.90. The van der Waals surface area contributed by atoms with Crippen LogP contribution in [-0.2, 0) is 20.1 Å². The maximum Gasteiger partial charge on any atom is 0.331 e. The molecular formula is C15H18N2O7S. The third-order valence-corrected chi connectivity index (χ3v) is 4.76. The van der Waals surface area contributed by atoms with Crippen LogP contribution in [0.1, 0.15) is 12.0 Å². The van der Waals surface area contributed by atoms with E-state index in [4.69, 9.17) is 9.47 Å². The van der Waals surface area contributed by atoms with E-state index in [1.165, 1.54) is 31.0 Å². The monoisotopic (exact) mass is 370 g/mol. The Bertz CT molecular complexity index is 674. The number of methoxy groups -OCH3 is 1. The zero-order valence-corrected chi connectivity index (χ0v) is 14.3. The summed E-state index contributed by atoms with van der Waals surface area (Å²) < 4.78 is 10.0. The van der Waals surface area contributed by atoms with E-state index in [0.29, 0.717) is 11.3 Å². The number of amides is 1. The highest BCUT2D eigenvalue weighted by Crippen LogP contribution is 2.29. The molecule has 0 aliphatic carbocycles. The largest absolute Gasteiger partial charge is 0.490 e. The summed E-state index contributed by atoms with van der Waals surface area (Å²) in [6.45, 7) is 0.235. The molecule has 2 rings (SSSR count). The van der Waals surface area contributed by atoms with Crippen molar-refractivity contribution in [1.82, 2.24) is 5.32 Å². The summed E-state index contributed by atoms with van der Waals surface area (Å²) in [7, 11) is 1.35. The van der Waals surface area contributed by atoms with Crippen LogP contribution in [0.3, 0.4) is 0 Å². The molecular weight excluding hydrogens is 352 g/mol. The Morgan fingerprint density at radius 1 is 1.52 bits per heavy atom. The average Bonchev–Trinajstić information content (AvgIpc) is 3.04. The van der Waals surface area contributed by atoms with Crippen LogP contribution in [0.5, 0.6) is 5.75 Å². The fraction of sp³-hybridized carbons (Fsp3) is 0.467. The molecule has 136 valence electrons. The minimum absolute atomic E-state index is 0.0366. The zero-order valence-electron chi connectivity index (χ0n) is 13.5. The van der Waals surface area contributed by atoms with Crippen molar-refractivity contribution in [1.29, 1.82) is 0 Å². The lowest BCUT2D eigenvalue weighted by Crippen LogP contribution is -2.55. The number of aliphatic carboxylic acids is 1. The van der Waals surface area contributed by atoms with Gasteiger partial charge in [0, 0.05) is 24.8 Å². The number of rotatable bonds is 8. The first-order valence-electron chi connectivity index (χ1n) is 7.39. The van der Waals surface area contributed by atoms with Gasteiger partial charge in [0.1, 0.15) is 0 Å². The van der Waals surface area contributed by atoms with Gasteiger partial charge < -0.3 is 19.9 Å². The molecule has 1 aliphatic rings. The van der Waals surface area contributed by atoms with Crippen LogP contribution >= 0.6 is 11.8 Å². The predicted molar refractivity (Wildman–Crippen MR) is 89.8 cm³/mol. The van der Waals surface area contributed by atoms with Crippen LogP contribution in [0.2, 0.25) is 0 Å². The van der Waals surface area contributed by atoms with Crippen LogP contribution in [0.25, 0.3) is 0 Å². The number of nitro groups is 1. The molecule has 9 nitrogen and oxygen atoms in total. The molecule has 1 aromatic carbocycles. The fourth-order valence-corrected chi connectivity index (χ4v) is 3.19. The van der Waals surface area contributed by atoms with Gasteiger partial charge in [-0.05, 0) is 11.6 Å². The van der Waals surface area contributed by atoms with Gasteiger partial charge >= 0.3 is 11.7 Å². The second-order valence-electron chi connectivity index (χ2n) is 5.49. The van der Waals surface area contributed by atoms with Crippen LogP contribution in [-0.4, -0.2) is 53.5 Å². The van der Waals surface area contributed by atoms with Gasteiger partial charge in [0.05, 0.1) is 24.4 Å². The molecule has 1 heterocycles. The third kappa shape index (κ3) is 4.60. The molecule has 1 aromatic rings. The average molecular weight is 370 g/mol. The van der Waals surface area contributed by atoms with Gasteiger partial charge in [-0.1, -0.05) is 6.07 Å². The highest BCUT2D eigenvalue weighted by Gasteiger charge is 2.43. The van der Waals surface area contributed by atoms with E-state index in [-0.39, 0.29) is 36.8 Å². The van der Waals surface area contributed by atoms with Crippen LogP contribution in [0.15, 0.2) is 18.2 Å². The zero-order chi connectivity index (χ0) is 18.4. The first-order valence-corrected chi connectivity index (χ1v) is 8.54. The van der Waals surface area contributed by atoms with E-state index < -0.39 is 22.3 Å². The second kappa shape index (κ2) is 8.17. The Morgan fingerprint density at radius 2 is 2.28 bits per heavy atom. The van der Waals surface area contributed by atoms with Gasteiger partial charge in [-0.15, -0.1) is 11.8 Å². The number of carboxylic acids is 1. The first-order chi connectivity index (χ1) is 11.9. The van der Waals surface area contributed by atoms with Crippen LogP contribution in [0.4, 0.5) is 5.69 Å². The summed E-state index contributed by atoms with van der Waals surface area (Å²) in [5.74, 6) is -0.958. The molecule has 1 fully saturated rings. The van der Waals surface area contributed by atoms with Gasteiger partial charge in [-0.25, -0.2) is 4.79 Å². The Kier molecular flexibility index (Phi) is 6.21. The number of nitrogens with zero attached hydrogens (tertiary/aromatic N) is 1. The molecule has 0 radical (unpaired) electrons. The van der Waals surface area contributed by atoms with Gasteiger partial charge in [0.2, 0.25) is 5.91 Å². The van der Waals surface area contributed by atoms with Crippen molar-refractivity contribution in [2.45, 2.75) is 17.7 Å². The SMILES string of the molecule is COc1ccc(CSCC(=O)NC2(C(=O)O)CCOC2)cc1[N+](=O)[O-]. The molecule has 10 heteroatoms. The van der Waals surface area contributed by atoms with Crippen molar-refractivity contribution in [3.8, 4) is 5.75 Å². The quantitative estimate of drug-likeness (QED) is 0.516. The van der Waals surface area contributed by atoms with Crippen LogP contribution in [0, 0.1) is 10.1 Å². The standard InChI is InChI=1S/C15H18N2O7S/c1-23-12-3-2-10(6-11(12)17(21)22)7-25-8-13(18)16-15(14(19)20)4-5-24-9-15/h2-3,6H,4-5,7-9H2,1H3,(H,16,18)(H,19,20). The second-order valence-corrected chi connectivity index (χ2v) is 6.48. The molecule has 0 aromatic heterocycles. The topological polar surface area (TPSA) is 128 Å². The Labute approximate surface area is 147 Å². The number of hydrogen-bond donors (Lipinski definition) is 2. The highest BCUT2D eigenvalue weighted by atomic mass is 32.2. The lowest BCUT2D eigenvalue weighted by molar-refractivity contribution is -0.385. The van der Waals surface area contributed by atoms with Crippen molar-refractivity contribution in [2.24, 2.45) is 0 Å². The van der Waals surface area contributed by atoms with Gasteiger partial charge in [-0.3, -0.25) is 14.9 Å². The van der Waals surface area contributed by atoms with E-state index in [0.717, 1.165) is 0 Å². The molecule has 0 bridgehead atoms. The summed E-state index contributed by atoms with van der Waals surface area (Å²) in [5.41, 5.74) is -0.836. The molecule has 25 heavy (non-hydrogen) atoms. The molecule has 0 saturated carbocycles. The summed E-state index contributed by atoms with van der Waals surface area (Å²) >= 11 is 1.23. The normalized spacial score (nSPS) is 19.4. The van der Waals surface area contributed by atoms with Crippen molar-refractivity contribution >= 4 is 29.3 Å². The van der Waals surface area contributed by atoms with E-state index in [1.807, 2.05) is 0 Å². The first kappa shape index (κ1) is 19.0. The predicted octanol–water partition coefficient (Wildman–Crippen LogP) is 1.20. The Morgan fingerprint density at radius 3 is 2.84 bits per heavy atom. The summed E-state index contributed by atoms with van der Waals surface area (Å²) in [4.78, 5) is 33.8. The number of hydrogen-bond acceptors (Lipinski definition) is 7. The van der Waals surface area contributed by atoms with Crippen LogP contribution < -0.4 is 10.1 Å². The van der Waals surface area contributed by atoms with Crippen molar-refractivity contribution in [3.05, 3.63) is 33.9 Å². The highest BCUT2D eigenvalue weighted by molar-refractivity contribution is 7.99. The molecule has 2 N–H and O–H groups in total. The number of carboxylic acid groups (broad SMARTS) is 1. The smallest absolute Gasteiger partial charge is 0.331 e. The summed E-state index contributed by atoms with van der Waals surface area (Å²) in [6, 6.07) is 4.58. The summed E-state index contributed by atoms with van der Waals surface area (Å²) in [6.07, 6.45) is 0.226. The number of carbonyl (C=O) groups is 2. The lowest BCUT2D eigenvalue weighted by Gasteiger charge is -2.23. The maximum atomic E-state index is 12.0. The molecule has 1 unspecified atom stereocenters. The van der Waals surface area contributed by atoms with Gasteiger partial charge in [0.15, 0.2) is 11.3 Å². The molecule has 1 amide bonds. The fourth-order valence-electron chi connectivity index (χ4n) is 2.42. The van der Waals surface area contributed by atoms with Crippen molar-refractivity contribution < 1.29 is 29.1 Å². The third-order valence-electron chi connectivity index (χ3n) is 3.75. The van der Waals surface area contributed by atoms with E-state index >= 15 is 0 Å². The van der Waals surface area contributed by atoms with E-state index in [2.05, 4.69) is 5.32 Å². The minimum atomic E-state index is -1.36. The number of ether oxygens (including phenoxy) is 2. The lowest BCUT2D eigenvalue weighted by atomic mass is 9.99. The number of nitro benzene ring substituents is 1. The number of thioether (sulfide) groups is 1. The molecule has 1 aliphatic heterocycles. The van der Waals surface area contributed by atoms with Crippen molar-refractivity contribution in [2.75, 3.05) is 26.1 Å². The van der Waals surface area contributed by atoms with Gasteiger partial charge in [-0.2, -0.15) is 0 Å².